The highest BCUT2D eigenvalue weighted by atomic mass is 32.2. The van der Waals surface area contributed by atoms with E-state index >= 15 is 0 Å². The van der Waals surface area contributed by atoms with Gasteiger partial charge in [0.15, 0.2) is 5.75 Å². The van der Waals surface area contributed by atoms with E-state index in [0.29, 0.717) is 5.69 Å². The number of nitrogens with zero attached hydrogens (tertiary/aromatic N) is 2. The number of aliphatic hydroxyl groups excluding tert-OH is 1. The minimum Gasteiger partial charge on any atom is -0.485 e. The quantitative estimate of drug-likeness (QED) is 0.367. The van der Waals surface area contributed by atoms with E-state index in [9.17, 15) is 27.5 Å². The number of para-hydroxylation sites is 1. The van der Waals surface area contributed by atoms with Crippen LogP contribution in [0.15, 0.2) is 77.7 Å². The van der Waals surface area contributed by atoms with Crippen LogP contribution in [0.1, 0.15) is 24.2 Å². The van der Waals surface area contributed by atoms with Crippen molar-refractivity contribution < 1.29 is 32.2 Å². The van der Waals surface area contributed by atoms with Crippen LogP contribution in [-0.4, -0.2) is 74.2 Å². The van der Waals surface area contributed by atoms with Crippen molar-refractivity contribution in [1.29, 1.82) is 0 Å². The molecule has 0 unspecified atom stereocenters. The van der Waals surface area contributed by atoms with Crippen molar-refractivity contribution >= 4 is 33.3 Å². The normalized spacial score (nSPS) is 17.9. The lowest BCUT2D eigenvalue weighted by Crippen LogP contribution is -2.50. The van der Waals surface area contributed by atoms with E-state index in [0.717, 1.165) is 0 Å². The fourth-order valence-corrected chi connectivity index (χ4v) is 5.53. The number of carbonyl (C=O) groups is 2. The van der Waals surface area contributed by atoms with Gasteiger partial charge in [-0.05, 0) is 55.5 Å². The average Bonchev–Trinajstić information content (AvgIpc) is 2.96. The standard InChI is InChI=1S/C29H33FN4O6S/c1-19-16-34(20(2)18-35)28(36)24-10-7-11-25(32-41(38,39)23-8-5-4-6-9-23)27(24)40-26(19)17-33(3)29(37)31-22-14-12-21(30)13-15-22/h4-15,19-20,26,32,35H,16-18H2,1-3H3,(H,31,37)/t19-,20+,26-/m1/s1. The molecule has 0 radical (unpaired) electrons. The zero-order valence-electron chi connectivity index (χ0n) is 23.0. The molecule has 0 aromatic heterocycles. The molecule has 3 amide bonds. The lowest BCUT2D eigenvalue weighted by Gasteiger charge is -2.38. The van der Waals surface area contributed by atoms with Crippen molar-refractivity contribution in [2.75, 3.05) is 36.8 Å². The van der Waals surface area contributed by atoms with Crippen molar-refractivity contribution in [3.63, 3.8) is 0 Å². The molecule has 0 spiro atoms. The maximum absolute atomic E-state index is 13.6. The van der Waals surface area contributed by atoms with Crippen LogP contribution in [0.4, 0.5) is 20.6 Å². The first-order chi connectivity index (χ1) is 19.5. The Labute approximate surface area is 238 Å². The number of ether oxygens (including phenoxy) is 1. The summed E-state index contributed by atoms with van der Waals surface area (Å²) in [4.78, 5) is 29.5. The number of anilines is 2. The van der Waals surface area contributed by atoms with E-state index in [1.54, 1.807) is 38.2 Å². The summed E-state index contributed by atoms with van der Waals surface area (Å²) < 4.78 is 48.5. The molecule has 3 N–H and O–H groups in total. The first-order valence-electron chi connectivity index (χ1n) is 13.1. The molecule has 0 fully saturated rings. The number of fused-ring (bicyclic) bond motifs is 1. The Hall–Kier alpha value is -4.16. The second kappa shape index (κ2) is 12.6. The average molecular weight is 585 g/mol. The largest absolute Gasteiger partial charge is 0.485 e. The van der Waals surface area contributed by atoms with E-state index in [1.165, 1.54) is 58.3 Å². The number of likely N-dealkylation sites (N-methyl/N-ethyl adjacent to an activating group) is 1. The molecule has 0 bridgehead atoms. The molecule has 10 nitrogen and oxygen atoms in total. The fraction of sp³-hybridized carbons (Fsp3) is 0.310. The number of sulfonamides is 1. The zero-order valence-corrected chi connectivity index (χ0v) is 23.8. The molecule has 4 rings (SSSR count). The van der Waals surface area contributed by atoms with Crippen LogP contribution >= 0.6 is 0 Å². The van der Waals surface area contributed by atoms with Gasteiger partial charge in [0.1, 0.15) is 11.9 Å². The van der Waals surface area contributed by atoms with Gasteiger partial charge in [0, 0.05) is 25.2 Å². The topological polar surface area (TPSA) is 128 Å². The summed E-state index contributed by atoms with van der Waals surface area (Å²) in [6.07, 6.45) is -0.679. The smallest absolute Gasteiger partial charge is 0.321 e. The van der Waals surface area contributed by atoms with E-state index in [4.69, 9.17) is 4.74 Å². The highest BCUT2D eigenvalue weighted by Gasteiger charge is 2.35. The number of amides is 3. The minimum absolute atomic E-state index is 0.0241. The third-order valence-corrected chi connectivity index (χ3v) is 8.27. The van der Waals surface area contributed by atoms with Gasteiger partial charge in [-0.25, -0.2) is 17.6 Å². The Morgan fingerprint density at radius 1 is 1.12 bits per heavy atom. The number of aliphatic hydroxyl groups is 1. The maximum Gasteiger partial charge on any atom is 0.321 e. The fourth-order valence-electron chi connectivity index (χ4n) is 4.45. The predicted molar refractivity (Wildman–Crippen MR) is 153 cm³/mol. The summed E-state index contributed by atoms with van der Waals surface area (Å²) in [5, 5.41) is 12.6. The van der Waals surface area contributed by atoms with Crippen LogP contribution in [0, 0.1) is 11.7 Å². The van der Waals surface area contributed by atoms with E-state index in [2.05, 4.69) is 10.0 Å². The van der Waals surface area contributed by atoms with Crippen molar-refractivity contribution in [2.24, 2.45) is 5.92 Å². The number of benzene rings is 3. The van der Waals surface area contributed by atoms with E-state index < -0.39 is 39.9 Å². The molecule has 0 saturated carbocycles. The molecule has 12 heteroatoms. The number of hydrogen-bond donors (Lipinski definition) is 3. The highest BCUT2D eigenvalue weighted by Crippen LogP contribution is 2.36. The second-order valence-corrected chi connectivity index (χ2v) is 11.7. The van der Waals surface area contributed by atoms with Gasteiger partial charge >= 0.3 is 6.03 Å². The number of hydrogen-bond acceptors (Lipinski definition) is 6. The molecule has 0 aliphatic carbocycles. The second-order valence-electron chi connectivity index (χ2n) is 10.0. The van der Waals surface area contributed by atoms with Gasteiger partial charge in [0.25, 0.3) is 15.9 Å². The van der Waals surface area contributed by atoms with Crippen LogP contribution in [0.3, 0.4) is 0 Å². The van der Waals surface area contributed by atoms with Gasteiger partial charge in [-0.15, -0.1) is 0 Å². The van der Waals surface area contributed by atoms with Crippen molar-refractivity contribution in [3.8, 4) is 5.75 Å². The van der Waals surface area contributed by atoms with Crippen LogP contribution in [-0.2, 0) is 10.0 Å². The molecule has 0 saturated heterocycles. The van der Waals surface area contributed by atoms with Crippen molar-refractivity contribution in [2.45, 2.75) is 30.9 Å². The molecule has 3 aromatic carbocycles. The molecular weight excluding hydrogens is 551 g/mol. The van der Waals surface area contributed by atoms with Crippen LogP contribution in [0.2, 0.25) is 0 Å². The third kappa shape index (κ3) is 6.95. The van der Waals surface area contributed by atoms with Crippen molar-refractivity contribution in [3.05, 3.63) is 84.2 Å². The van der Waals surface area contributed by atoms with Crippen LogP contribution in [0.5, 0.6) is 5.75 Å². The molecule has 218 valence electrons. The van der Waals surface area contributed by atoms with E-state index in [1.807, 2.05) is 6.92 Å². The third-order valence-electron chi connectivity index (χ3n) is 6.88. The summed E-state index contributed by atoms with van der Waals surface area (Å²) in [5.41, 5.74) is 0.592. The Morgan fingerprint density at radius 2 is 1.80 bits per heavy atom. The first kappa shape index (κ1) is 29.8. The molecule has 3 aromatic rings. The number of carbonyl (C=O) groups excluding carboxylic acids is 2. The lowest BCUT2D eigenvalue weighted by atomic mass is 9.99. The highest BCUT2D eigenvalue weighted by molar-refractivity contribution is 7.92. The molecular formula is C29H33FN4O6S. The monoisotopic (exact) mass is 584 g/mol. The van der Waals surface area contributed by atoms with Gasteiger partial charge in [0.05, 0.1) is 35.3 Å². The van der Waals surface area contributed by atoms with E-state index in [-0.39, 0.29) is 47.5 Å². The summed E-state index contributed by atoms with van der Waals surface area (Å²) in [6.45, 7) is 3.58. The molecule has 3 atom stereocenters. The Morgan fingerprint density at radius 3 is 2.46 bits per heavy atom. The Balaban J connectivity index is 1.68. The minimum atomic E-state index is -4.02. The molecule has 1 aliphatic heterocycles. The lowest BCUT2D eigenvalue weighted by molar-refractivity contribution is 0.0373. The molecule has 41 heavy (non-hydrogen) atoms. The number of rotatable bonds is 8. The predicted octanol–water partition coefficient (Wildman–Crippen LogP) is 4.01. The molecule has 1 heterocycles. The summed E-state index contributed by atoms with van der Waals surface area (Å²) in [5.74, 6) is -1.16. The van der Waals surface area contributed by atoms with Gasteiger partial charge < -0.3 is 25.0 Å². The first-order valence-corrected chi connectivity index (χ1v) is 14.6. The Kier molecular flexibility index (Phi) is 9.14. The van der Waals surface area contributed by atoms with Gasteiger partial charge in [0.2, 0.25) is 0 Å². The van der Waals surface area contributed by atoms with Crippen LogP contribution in [0.25, 0.3) is 0 Å². The molecule has 1 aliphatic rings. The summed E-state index contributed by atoms with van der Waals surface area (Å²) in [6, 6.07) is 16.7. The number of halogens is 1. The van der Waals surface area contributed by atoms with Crippen LogP contribution < -0.4 is 14.8 Å². The maximum atomic E-state index is 13.6. The van der Waals surface area contributed by atoms with Gasteiger partial charge in [-0.2, -0.15) is 0 Å². The van der Waals surface area contributed by atoms with Gasteiger partial charge in [-0.1, -0.05) is 31.2 Å². The zero-order chi connectivity index (χ0) is 29.7. The summed E-state index contributed by atoms with van der Waals surface area (Å²) >= 11 is 0. The Bertz CT molecular complexity index is 1490. The van der Waals surface area contributed by atoms with Crippen molar-refractivity contribution in [1.82, 2.24) is 9.80 Å². The SMILES string of the molecule is C[C@@H]1CN([C@@H](C)CO)C(=O)c2cccc(NS(=O)(=O)c3ccccc3)c2O[C@@H]1CN(C)C(=O)Nc1ccc(F)cc1. The number of urea groups is 1. The van der Waals surface area contributed by atoms with Gasteiger partial charge in [-0.3, -0.25) is 9.52 Å². The number of nitrogens with one attached hydrogen (secondary N) is 2. The summed E-state index contributed by atoms with van der Waals surface area (Å²) in [7, 11) is -2.45.